The molecule has 1 fully saturated rings. The lowest BCUT2D eigenvalue weighted by Gasteiger charge is -2.41. The Morgan fingerprint density at radius 1 is 1.06 bits per heavy atom. The Bertz CT molecular complexity index is 1730. The fraction of sp³-hybridized carbons (Fsp3) is 0.405. The normalized spacial score (nSPS) is 15.2. The van der Waals surface area contributed by atoms with Gasteiger partial charge in [-0.1, -0.05) is 32.0 Å². The number of carbonyl (C=O) groups is 1. The van der Waals surface area contributed by atoms with Crippen molar-refractivity contribution in [3.63, 3.8) is 0 Å². The second-order valence-electron chi connectivity index (χ2n) is 13.9. The highest BCUT2D eigenvalue weighted by atomic mass is 19.1. The number of pyridine rings is 1. The van der Waals surface area contributed by atoms with Crippen molar-refractivity contribution >= 4 is 23.4 Å². The molecule has 9 nitrogen and oxygen atoms in total. The number of piperidine rings is 1. The van der Waals surface area contributed by atoms with E-state index in [-0.39, 0.29) is 29.5 Å². The summed E-state index contributed by atoms with van der Waals surface area (Å²) in [5.74, 6) is -1.37. The fourth-order valence-corrected chi connectivity index (χ4v) is 5.80. The second-order valence-corrected chi connectivity index (χ2v) is 13.9. The summed E-state index contributed by atoms with van der Waals surface area (Å²) in [6.45, 7) is 13.1. The maximum atomic E-state index is 15.9. The molecule has 1 unspecified atom stereocenters. The summed E-state index contributed by atoms with van der Waals surface area (Å²) >= 11 is 0. The van der Waals surface area contributed by atoms with Crippen LogP contribution in [0.3, 0.4) is 0 Å². The first-order chi connectivity index (χ1) is 22.7. The van der Waals surface area contributed by atoms with Gasteiger partial charge < -0.3 is 24.8 Å². The Morgan fingerprint density at radius 3 is 2.33 bits per heavy atom. The monoisotopic (exact) mass is 659 g/mol. The van der Waals surface area contributed by atoms with Crippen LogP contribution < -0.4 is 15.0 Å². The van der Waals surface area contributed by atoms with Crippen LogP contribution in [0.2, 0.25) is 0 Å². The summed E-state index contributed by atoms with van der Waals surface area (Å²) in [6, 6.07) is 12.5. The summed E-state index contributed by atoms with van der Waals surface area (Å²) in [5.41, 5.74) is 2.62. The summed E-state index contributed by atoms with van der Waals surface area (Å²) in [7, 11) is 0. The van der Waals surface area contributed by atoms with E-state index in [1.807, 2.05) is 20.8 Å². The Morgan fingerprint density at radius 2 is 1.73 bits per heavy atom. The molecule has 5 rings (SSSR count). The Balaban J connectivity index is 1.65. The van der Waals surface area contributed by atoms with E-state index in [9.17, 15) is 14.3 Å². The van der Waals surface area contributed by atoms with Crippen LogP contribution in [0.25, 0.3) is 11.1 Å². The largest absolute Gasteiger partial charge is 0.490 e. The minimum absolute atomic E-state index is 0.0582. The maximum absolute atomic E-state index is 15.9. The molecule has 0 amide bonds. The van der Waals surface area contributed by atoms with E-state index in [0.717, 1.165) is 18.4 Å². The molecule has 4 aromatic rings. The zero-order valence-electron chi connectivity index (χ0n) is 28.3. The molecule has 0 saturated carbocycles. The number of ether oxygens (including phenoxy) is 2. The van der Waals surface area contributed by atoms with E-state index in [2.05, 4.69) is 34.0 Å². The Kier molecular flexibility index (Phi) is 10.3. The average Bonchev–Trinajstić information content (AvgIpc) is 3.02. The highest BCUT2D eigenvalue weighted by Gasteiger charge is 2.37. The average molecular weight is 660 g/mol. The molecule has 2 aromatic heterocycles. The van der Waals surface area contributed by atoms with Crippen LogP contribution in [0.1, 0.15) is 70.4 Å². The standard InChI is InChI=1S/C37H43F2N5O4/c1-23-29(32(34(45)46)48-36(2,3)4)31(44-19-15-37(5,6)16-20-44)30(33(42-23)43-35-40-17-7-18-41-35)25-10-13-28(27(39)22-25)47-21-14-24-8-11-26(38)12-9-24/h7-13,17-18,22,32H,14-16,19-21H2,1-6H3,(H,45,46)(H,40,41,42,43). The minimum Gasteiger partial charge on any atom is -0.490 e. The first-order valence-corrected chi connectivity index (χ1v) is 16.1. The molecule has 11 heteroatoms. The molecule has 1 aliphatic rings. The van der Waals surface area contributed by atoms with Gasteiger partial charge in [0, 0.05) is 48.7 Å². The number of anilines is 3. The Hall–Kier alpha value is -4.64. The molecule has 48 heavy (non-hydrogen) atoms. The van der Waals surface area contributed by atoms with Gasteiger partial charge in [0.05, 0.1) is 17.9 Å². The van der Waals surface area contributed by atoms with Crippen molar-refractivity contribution < 1.29 is 28.2 Å². The second kappa shape index (κ2) is 14.2. The van der Waals surface area contributed by atoms with Gasteiger partial charge in [0.1, 0.15) is 11.6 Å². The lowest BCUT2D eigenvalue weighted by Crippen LogP contribution is -2.39. The number of aromatic nitrogens is 3. The molecule has 3 heterocycles. The third-order valence-electron chi connectivity index (χ3n) is 8.37. The molecule has 0 bridgehead atoms. The van der Waals surface area contributed by atoms with Gasteiger partial charge in [-0.2, -0.15) is 0 Å². The first-order valence-electron chi connectivity index (χ1n) is 16.1. The van der Waals surface area contributed by atoms with Gasteiger partial charge in [-0.05, 0) is 87.4 Å². The number of carboxylic acid groups (broad SMARTS) is 1. The van der Waals surface area contributed by atoms with Gasteiger partial charge in [0.25, 0.3) is 0 Å². The van der Waals surface area contributed by atoms with Gasteiger partial charge in [0.15, 0.2) is 17.7 Å². The molecule has 0 radical (unpaired) electrons. The number of hydrogen-bond acceptors (Lipinski definition) is 8. The summed E-state index contributed by atoms with van der Waals surface area (Å²) in [4.78, 5) is 28.6. The van der Waals surface area contributed by atoms with Crippen molar-refractivity contribution in [2.45, 2.75) is 72.5 Å². The van der Waals surface area contributed by atoms with Gasteiger partial charge in [-0.15, -0.1) is 0 Å². The number of carboxylic acids is 1. The third-order valence-corrected chi connectivity index (χ3v) is 8.37. The summed E-state index contributed by atoms with van der Waals surface area (Å²) < 4.78 is 41.2. The van der Waals surface area contributed by atoms with Crippen LogP contribution in [-0.4, -0.2) is 51.3 Å². The predicted octanol–water partition coefficient (Wildman–Crippen LogP) is 8.06. The molecular formula is C37H43F2N5O4. The molecule has 1 atom stereocenters. The van der Waals surface area contributed by atoms with Crippen LogP contribution >= 0.6 is 0 Å². The number of nitrogens with one attached hydrogen (secondary N) is 1. The van der Waals surface area contributed by atoms with E-state index in [4.69, 9.17) is 14.5 Å². The number of aliphatic carboxylic acids is 1. The summed E-state index contributed by atoms with van der Waals surface area (Å²) in [6.07, 6.45) is 4.05. The molecule has 2 N–H and O–H groups in total. The lowest BCUT2D eigenvalue weighted by atomic mass is 9.82. The van der Waals surface area contributed by atoms with Crippen LogP contribution in [0, 0.1) is 24.0 Å². The Labute approximate surface area is 280 Å². The van der Waals surface area contributed by atoms with Gasteiger partial charge >= 0.3 is 5.97 Å². The highest BCUT2D eigenvalue weighted by Crippen LogP contribution is 2.47. The lowest BCUT2D eigenvalue weighted by molar-refractivity contribution is -0.160. The summed E-state index contributed by atoms with van der Waals surface area (Å²) in [5, 5.41) is 13.8. The number of hydrogen-bond donors (Lipinski definition) is 2. The fourth-order valence-electron chi connectivity index (χ4n) is 5.80. The van der Waals surface area contributed by atoms with E-state index in [1.54, 1.807) is 49.6 Å². The van der Waals surface area contributed by atoms with Gasteiger partial charge in [-0.25, -0.2) is 28.5 Å². The first kappa shape index (κ1) is 34.7. The van der Waals surface area contributed by atoms with Crippen LogP contribution in [-0.2, 0) is 16.0 Å². The van der Waals surface area contributed by atoms with E-state index >= 15 is 4.39 Å². The maximum Gasteiger partial charge on any atom is 0.337 e. The topological polar surface area (TPSA) is 110 Å². The number of halogens is 2. The van der Waals surface area contributed by atoms with Crippen molar-refractivity contribution in [1.29, 1.82) is 0 Å². The highest BCUT2D eigenvalue weighted by molar-refractivity contribution is 5.93. The van der Waals surface area contributed by atoms with Crippen molar-refractivity contribution in [1.82, 2.24) is 15.0 Å². The molecule has 2 aromatic carbocycles. The SMILES string of the molecule is Cc1nc(Nc2ncccn2)c(-c2ccc(OCCc3ccc(F)cc3)c(F)c2)c(N2CCC(C)(C)CC2)c1C(OC(C)(C)C)C(=O)O. The van der Waals surface area contributed by atoms with Gasteiger partial charge in [0.2, 0.25) is 5.95 Å². The molecule has 1 saturated heterocycles. The van der Waals surface area contributed by atoms with Gasteiger partial charge in [-0.3, -0.25) is 0 Å². The zero-order valence-corrected chi connectivity index (χ0v) is 28.3. The quantitative estimate of drug-likeness (QED) is 0.165. The zero-order chi connectivity index (χ0) is 34.6. The van der Waals surface area contributed by atoms with Crippen molar-refractivity contribution in [2.24, 2.45) is 5.41 Å². The molecule has 1 aliphatic heterocycles. The number of benzene rings is 2. The number of rotatable bonds is 11. The van der Waals surface area contributed by atoms with Crippen LogP contribution in [0.15, 0.2) is 60.9 Å². The van der Waals surface area contributed by atoms with Crippen molar-refractivity contribution in [3.8, 4) is 16.9 Å². The number of nitrogens with zero attached hydrogens (tertiary/aromatic N) is 4. The van der Waals surface area contributed by atoms with Crippen LogP contribution in [0.5, 0.6) is 5.75 Å². The van der Waals surface area contributed by atoms with E-state index < -0.39 is 23.5 Å². The van der Waals surface area contributed by atoms with E-state index in [1.165, 1.54) is 18.2 Å². The van der Waals surface area contributed by atoms with Crippen LogP contribution in [0.4, 0.5) is 26.2 Å². The smallest absolute Gasteiger partial charge is 0.337 e. The molecular weight excluding hydrogens is 616 g/mol. The number of aryl methyl sites for hydroxylation is 1. The predicted molar refractivity (Wildman–Crippen MR) is 182 cm³/mol. The molecule has 0 aliphatic carbocycles. The molecule has 0 spiro atoms. The minimum atomic E-state index is -1.35. The third kappa shape index (κ3) is 8.44. The van der Waals surface area contributed by atoms with Crippen molar-refractivity contribution in [2.75, 3.05) is 29.9 Å². The van der Waals surface area contributed by atoms with Crippen molar-refractivity contribution in [3.05, 3.63) is 89.4 Å². The molecule has 254 valence electrons. The van der Waals surface area contributed by atoms with E-state index in [0.29, 0.717) is 53.4 Å².